The number of carbonyl (C=O) groups excluding carboxylic acids is 3. The zero-order valence-electron chi connectivity index (χ0n) is 16.3. The van der Waals surface area contributed by atoms with Gasteiger partial charge in [0, 0.05) is 17.7 Å². The topological polar surface area (TPSA) is 91.7 Å². The molecule has 2 aliphatic heterocycles. The fraction of sp³-hybridized carbons (Fsp3) is 0.174. The van der Waals surface area contributed by atoms with Gasteiger partial charge in [-0.15, -0.1) is 0 Å². The Morgan fingerprint density at radius 2 is 2.00 bits per heavy atom. The number of nitrogens with one attached hydrogen (secondary N) is 2. The van der Waals surface area contributed by atoms with Crippen molar-refractivity contribution in [3.05, 3.63) is 77.8 Å². The van der Waals surface area contributed by atoms with Gasteiger partial charge in [-0.3, -0.25) is 14.4 Å². The number of amides is 3. The average Bonchev–Trinajstić information content (AvgIpc) is 3.42. The summed E-state index contributed by atoms with van der Waals surface area (Å²) >= 11 is 0. The largest absolute Gasteiger partial charge is 0.464 e. The summed E-state index contributed by atoms with van der Waals surface area (Å²) in [6.07, 6.45) is 1.96. The van der Waals surface area contributed by atoms with Crippen LogP contribution < -0.4 is 10.6 Å². The maximum absolute atomic E-state index is 13.5. The molecule has 2 aromatic carbocycles. The summed E-state index contributed by atoms with van der Waals surface area (Å²) in [5.41, 5.74) is 1.65. The molecule has 0 unspecified atom stereocenters. The second-order valence-corrected chi connectivity index (χ2v) is 7.55. The fourth-order valence-electron chi connectivity index (χ4n) is 4.16. The Kier molecular flexibility index (Phi) is 4.54. The Hall–Kier alpha value is -3.94. The van der Waals surface area contributed by atoms with E-state index in [4.69, 9.17) is 4.42 Å². The summed E-state index contributed by atoms with van der Waals surface area (Å²) < 4.78 is 18.9. The lowest BCUT2D eigenvalue weighted by Gasteiger charge is -2.25. The van der Waals surface area contributed by atoms with E-state index in [2.05, 4.69) is 10.6 Å². The van der Waals surface area contributed by atoms with Gasteiger partial charge >= 0.3 is 0 Å². The zero-order chi connectivity index (χ0) is 21.5. The molecule has 0 spiro atoms. The van der Waals surface area contributed by atoms with Crippen LogP contribution in [-0.4, -0.2) is 41.2 Å². The molecule has 3 amide bonds. The molecular weight excluding hydrogens is 401 g/mol. The maximum Gasteiger partial charge on any atom is 0.256 e. The molecule has 0 aliphatic carbocycles. The molecule has 7 nitrogen and oxygen atoms in total. The maximum atomic E-state index is 13.5. The first-order valence-electron chi connectivity index (χ1n) is 9.87. The van der Waals surface area contributed by atoms with E-state index in [9.17, 15) is 18.8 Å². The van der Waals surface area contributed by atoms with Crippen LogP contribution in [0.3, 0.4) is 0 Å². The quantitative estimate of drug-likeness (QED) is 0.683. The summed E-state index contributed by atoms with van der Waals surface area (Å²) in [7, 11) is 0. The normalized spacial score (nSPS) is 20.0. The molecule has 156 valence electrons. The molecule has 0 saturated carbocycles. The Labute approximate surface area is 176 Å². The third kappa shape index (κ3) is 3.35. The van der Waals surface area contributed by atoms with Gasteiger partial charge in [-0.25, -0.2) is 4.39 Å². The van der Waals surface area contributed by atoms with Gasteiger partial charge in [0.2, 0.25) is 5.91 Å². The molecule has 5 rings (SSSR count). The predicted octanol–water partition coefficient (Wildman–Crippen LogP) is 3.05. The van der Waals surface area contributed by atoms with Crippen LogP contribution >= 0.6 is 0 Å². The van der Waals surface area contributed by atoms with E-state index in [0.29, 0.717) is 30.0 Å². The molecule has 0 radical (unpaired) electrons. The van der Waals surface area contributed by atoms with Crippen molar-refractivity contribution in [3.63, 3.8) is 0 Å². The summed E-state index contributed by atoms with van der Waals surface area (Å²) in [6.45, 7) is 0.315. The van der Waals surface area contributed by atoms with Crippen LogP contribution in [0.5, 0.6) is 0 Å². The van der Waals surface area contributed by atoms with Crippen LogP contribution in [0, 0.1) is 5.82 Å². The van der Waals surface area contributed by atoms with Crippen molar-refractivity contribution < 1.29 is 23.2 Å². The summed E-state index contributed by atoms with van der Waals surface area (Å²) in [5, 5.41) is 5.59. The van der Waals surface area contributed by atoms with Crippen molar-refractivity contribution in [2.45, 2.75) is 18.5 Å². The Morgan fingerprint density at radius 1 is 1.13 bits per heavy atom. The molecule has 8 heteroatoms. The summed E-state index contributed by atoms with van der Waals surface area (Å²) in [4.78, 5) is 40.3. The van der Waals surface area contributed by atoms with Crippen LogP contribution in [0.4, 0.5) is 10.1 Å². The summed E-state index contributed by atoms with van der Waals surface area (Å²) in [5.74, 6) is -1.07. The number of furan rings is 1. The predicted molar refractivity (Wildman–Crippen MR) is 110 cm³/mol. The van der Waals surface area contributed by atoms with Crippen LogP contribution in [0.2, 0.25) is 0 Å². The molecule has 1 fully saturated rings. The number of halogens is 1. The highest BCUT2D eigenvalue weighted by Crippen LogP contribution is 2.32. The van der Waals surface area contributed by atoms with Crippen molar-refractivity contribution in [2.75, 3.05) is 11.9 Å². The first kappa shape index (κ1) is 19.0. The molecule has 1 aromatic heterocycles. The second kappa shape index (κ2) is 7.39. The first-order valence-corrected chi connectivity index (χ1v) is 9.87. The molecule has 2 atom stereocenters. The monoisotopic (exact) mass is 419 g/mol. The Balaban J connectivity index is 1.42. The molecular formula is C23H18FN3O4. The lowest BCUT2D eigenvalue weighted by molar-refractivity contribution is -0.120. The number of fused-ring (bicyclic) bond motifs is 2. The molecule has 0 bridgehead atoms. The van der Waals surface area contributed by atoms with Crippen LogP contribution in [0.25, 0.3) is 11.3 Å². The van der Waals surface area contributed by atoms with E-state index in [1.54, 1.807) is 36.6 Å². The lowest BCUT2D eigenvalue weighted by atomic mass is 10.1. The third-order valence-corrected chi connectivity index (χ3v) is 5.64. The molecule has 2 aliphatic rings. The van der Waals surface area contributed by atoms with E-state index in [1.807, 2.05) is 0 Å². The minimum atomic E-state index is -0.857. The minimum Gasteiger partial charge on any atom is -0.464 e. The molecule has 2 N–H and O–H groups in total. The number of rotatable bonds is 3. The van der Waals surface area contributed by atoms with Crippen LogP contribution in [-0.2, 0) is 4.79 Å². The Bertz CT molecular complexity index is 1190. The molecule has 1 saturated heterocycles. The minimum absolute atomic E-state index is 0.158. The lowest BCUT2D eigenvalue weighted by Crippen LogP contribution is -2.51. The van der Waals surface area contributed by atoms with Crippen LogP contribution in [0.1, 0.15) is 27.1 Å². The highest BCUT2D eigenvalue weighted by atomic mass is 19.1. The van der Waals surface area contributed by atoms with Gasteiger partial charge in [-0.1, -0.05) is 6.07 Å². The number of hydrogen-bond donors (Lipinski definition) is 2. The number of hydrogen-bond acceptors (Lipinski definition) is 4. The Morgan fingerprint density at radius 3 is 2.77 bits per heavy atom. The third-order valence-electron chi connectivity index (χ3n) is 5.64. The average molecular weight is 419 g/mol. The fourth-order valence-corrected chi connectivity index (χ4v) is 4.16. The van der Waals surface area contributed by atoms with Gasteiger partial charge in [0.05, 0.1) is 23.6 Å². The number of anilines is 1. The number of benzene rings is 2. The highest BCUT2D eigenvalue weighted by Gasteiger charge is 2.45. The van der Waals surface area contributed by atoms with Gasteiger partial charge in [0.1, 0.15) is 17.6 Å². The van der Waals surface area contributed by atoms with E-state index in [1.165, 1.54) is 23.1 Å². The number of carbonyl (C=O) groups is 3. The SMILES string of the molecule is O=C(N[C@H]1CCN2C(=O)c3cc(-c4ccco4)ccc3NC(=O)[C@H]12)c1cccc(F)c1. The van der Waals surface area contributed by atoms with Crippen molar-refractivity contribution in [2.24, 2.45) is 0 Å². The van der Waals surface area contributed by atoms with E-state index < -0.39 is 23.8 Å². The van der Waals surface area contributed by atoms with Gasteiger partial charge < -0.3 is 20.0 Å². The van der Waals surface area contributed by atoms with Crippen molar-refractivity contribution in [1.82, 2.24) is 10.2 Å². The molecule has 3 aromatic rings. The van der Waals surface area contributed by atoms with Gasteiger partial charge in [-0.2, -0.15) is 0 Å². The standard InChI is InChI=1S/C23H18FN3O4/c24-15-4-1-3-14(11-15)21(28)26-18-8-9-27-20(18)22(29)25-17-7-6-13(12-16(17)23(27)30)19-5-2-10-31-19/h1-7,10-12,18,20H,8-9H2,(H,25,29)(H,26,28)/t18-,20-/m0/s1. The smallest absolute Gasteiger partial charge is 0.256 e. The highest BCUT2D eigenvalue weighted by molar-refractivity contribution is 6.11. The van der Waals surface area contributed by atoms with Crippen molar-refractivity contribution in [3.8, 4) is 11.3 Å². The first-order chi connectivity index (χ1) is 15.0. The van der Waals surface area contributed by atoms with Gasteiger partial charge in [-0.05, 0) is 55.0 Å². The van der Waals surface area contributed by atoms with Gasteiger partial charge in [0.15, 0.2) is 0 Å². The molecule has 3 heterocycles. The second-order valence-electron chi connectivity index (χ2n) is 7.55. The van der Waals surface area contributed by atoms with Gasteiger partial charge in [0.25, 0.3) is 11.8 Å². The van der Waals surface area contributed by atoms with Crippen molar-refractivity contribution >= 4 is 23.4 Å². The van der Waals surface area contributed by atoms with E-state index in [0.717, 1.165) is 11.6 Å². The number of nitrogens with zero attached hydrogens (tertiary/aromatic N) is 1. The van der Waals surface area contributed by atoms with Crippen molar-refractivity contribution in [1.29, 1.82) is 0 Å². The summed E-state index contributed by atoms with van der Waals surface area (Å²) in [6, 6.07) is 12.6. The van der Waals surface area contributed by atoms with E-state index >= 15 is 0 Å². The van der Waals surface area contributed by atoms with E-state index in [-0.39, 0.29) is 17.4 Å². The zero-order valence-corrected chi connectivity index (χ0v) is 16.3. The van der Waals surface area contributed by atoms with Crippen LogP contribution in [0.15, 0.2) is 65.3 Å². The molecule has 31 heavy (non-hydrogen) atoms.